The molecule has 1 aliphatic heterocycles. The second kappa shape index (κ2) is 8.57. The monoisotopic (exact) mass is 403 g/mol. The topological polar surface area (TPSA) is 53.1 Å². The first kappa shape index (κ1) is 19.3. The van der Waals surface area contributed by atoms with E-state index in [2.05, 4.69) is 76.0 Å². The lowest BCUT2D eigenvalue weighted by Gasteiger charge is -2.30. The molecule has 0 unspecified atom stereocenters. The Morgan fingerprint density at radius 3 is 2.59 bits per heavy atom. The molecule has 2 aromatic carbocycles. The second-order valence-corrected chi connectivity index (χ2v) is 7.83. The molecule has 2 N–H and O–H groups in total. The highest BCUT2D eigenvalue weighted by molar-refractivity contribution is 7.80. The zero-order valence-corrected chi connectivity index (χ0v) is 17.6. The minimum absolute atomic E-state index is 0.520. The van der Waals surface area contributed by atoms with Gasteiger partial charge in [0, 0.05) is 31.4 Å². The number of anilines is 2. The molecular weight excluding hydrogens is 378 g/mol. The Bertz CT molecular complexity index is 1020. The molecule has 29 heavy (non-hydrogen) atoms. The number of aromatic nitrogens is 2. The van der Waals surface area contributed by atoms with Gasteiger partial charge in [-0.3, -0.25) is 0 Å². The third-order valence-corrected chi connectivity index (χ3v) is 5.34. The zero-order chi connectivity index (χ0) is 20.2. The molecule has 1 aromatic heterocycles. The van der Waals surface area contributed by atoms with E-state index in [-0.39, 0.29) is 0 Å². The van der Waals surface area contributed by atoms with E-state index < -0.39 is 0 Å². The summed E-state index contributed by atoms with van der Waals surface area (Å²) in [6, 6.07) is 19.0. The van der Waals surface area contributed by atoms with E-state index in [9.17, 15) is 0 Å². The van der Waals surface area contributed by atoms with E-state index in [0.29, 0.717) is 17.6 Å². The third-order valence-electron chi connectivity index (χ3n) is 5.09. The summed E-state index contributed by atoms with van der Waals surface area (Å²) in [4.78, 5) is 11.5. The van der Waals surface area contributed by atoms with Gasteiger partial charge in [-0.15, -0.1) is 0 Å². The molecule has 0 saturated heterocycles. The molecule has 4 rings (SSSR count). The van der Waals surface area contributed by atoms with Gasteiger partial charge in [-0.25, -0.2) is 4.98 Å². The Hall–Kier alpha value is -2.99. The molecule has 0 saturated carbocycles. The number of benzene rings is 2. The molecule has 6 heteroatoms. The van der Waals surface area contributed by atoms with E-state index in [1.165, 1.54) is 22.3 Å². The molecule has 3 aromatic rings. The van der Waals surface area contributed by atoms with Crippen LogP contribution >= 0.6 is 12.2 Å². The number of hydrogen-bond donors (Lipinski definition) is 2. The molecule has 0 aliphatic carbocycles. The summed E-state index contributed by atoms with van der Waals surface area (Å²) in [5.41, 5.74) is 6.12. The summed E-state index contributed by atoms with van der Waals surface area (Å²) in [6.45, 7) is 6.53. The smallest absolute Gasteiger partial charge is 0.231 e. The highest BCUT2D eigenvalue weighted by atomic mass is 32.1. The van der Waals surface area contributed by atoms with Gasteiger partial charge in [0.05, 0.1) is 0 Å². The summed E-state index contributed by atoms with van der Waals surface area (Å²) in [6.07, 6.45) is 1.03. The Labute approximate surface area is 177 Å². The van der Waals surface area contributed by atoms with E-state index in [1.54, 1.807) is 0 Å². The van der Waals surface area contributed by atoms with Crippen LogP contribution in [0.15, 0.2) is 54.6 Å². The number of nitrogens with one attached hydrogen (secondary N) is 2. The fourth-order valence-electron chi connectivity index (χ4n) is 3.50. The standard InChI is InChI=1S/C23H25N5S/c1-16-7-9-18(10-8-16)14-24-23(29)27-22-25-17(2)13-21(26-22)28-12-11-19-5-3-4-6-20(19)15-28/h3-10,13H,11-12,14-15H2,1-2H3,(H2,24,25,26,27,29). The van der Waals surface area contributed by atoms with Crippen LogP contribution in [-0.4, -0.2) is 21.6 Å². The number of aryl methyl sites for hydroxylation is 2. The first-order valence-corrected chi connectivity index (χ1v) is 10.3. The first-order chi connectivity index (χ1) is 14.1. The Morgan fingerprint density at radius 2 is 1.79 bits per heavy atom. The number of rotatable bonds is 4. The molecule has 0 spiro atoms. The Balaban J connectivity index is 1.42. The van der Waals surface area contributed by atoms with Crippen LogP contribution in [0.4, 0.5) is 11.8 Å². The van der Waals surface area contributed by atoms with Crippen molar-refractivity contribution in [3.8, 4) is 0 Å². The van der Waals surface area contributed by atoms with Crippen LogP contribution in [0.1, 0.15) is 27.9 Å². The minimum atomic E-state index is 0.520. The van der Waals surface area contributed by atoms with Crippen LogP contribution < -0.4 is 15.5 Å². The summed E-state index contributed by atoms with van der Waals surface area (Å²) < 4.78 is 0. The van der Waals surface area contributed by atoms with Crippen molar-refractivity contribution in [1.82, 2.24) is 15.3 Å². The van der Waals surface area contributed by atoms with E-state index in [4.69, 9.17) is 17.2 Å². The highest BCUT2D eigenvalue weighted by Gasteiger charge is 2.18. The molecule has 0 amide bonds. The number of hydrogen-bond acceptors (Lipinski definition) is 4. The molecule has 148 valence electrons. The maximum Gasteiger partial charge on any atom is 0.231 e. The van der Waals surface area contributed by atoms with Gasteiger partial charge < -0.3 is 15.5 Å². The van der Waals surface area contributed by atoms with Crippen LogP contribution in [0.5, 0.6) is 0 Å². The van der Waals surface area contributed by atoms with Crippen molar-refractivity contribution in [3.05, 3.63) is 82.5 Å². The van der Waals surface area contributed by atoms with Crippen LogP contribution in [-0.2, 0) is 19.5 Å². The average Bonchev–Trinajstić information content (AvgIpc) is 2.72. The Morgan fingerprint density at radius 1 is 1.03 bits per heavy atom. The predicted octanol–water partition coefficient (Wildman–Crippen LogP) is 4.14. The first-order valence-electron chi connectivity index (χ1n) is 9.84. The number of fused-ring (bicyclic) bond motifs is 1. The second-order valence-electron chi connectivity index (χ2n) is 7.42. The van der Waals surface area contributed by atoms with Crippen molar-refractivity contribution in [3.63, 3.8) is 0 Å². The largest absolute Gasteiger partial charge is 0.358 e. The average molecular weight is 404 g/mol. The molecule has 0 bridgehead atoms. The lowest BCUT2D eigenvalue weighted by Crippen LogP contribution is -2.32. The summed E-state index contributed by atoms with van der Waals surface area (Å²) in [5.74, 6) is 1.45. The molecular formula is C23H25N5S. The van der Waals surface area contributed by atoms with Gasteiger partial charge >= 0.3 is 0 Å². The number of nitrogens with zero attached hydrogens (tertiary/aromatic N) is 3. The lowest BCUT2D eigenvalue weighted by molar-refractivity contribution is 0.719. The van der Waals surface area contributed by atoms with Gasteiger partial charge in [0.25, 0.3) is 0 Å². The summed E-state index contributed by atoms with van der Waals surface area (Å²) in [5, 5.41) is 6.88. The van der Waals surface area contributed by atoms with Crippen molar-refractivity contribution in [2.45, 2.75) is 33.4 Å². The van der Waals surface area contributed by atoms with E-state index in [0.717, 1.165) is 31.0 Å². The van der Waals surface area contributed by atoms with Crippen molar-refractivity contribution < 1.29 is 0 Å². The maximum atomic E-state index is 5.44. The van der Waals surface area contributed by atoms with Crippen LogP contribution in [0.3, 0.4) is 0 Å². The van der Waals surface area contributed by atoms with Crippen molar-refractivity contribution >= 4 is 29.1 Å². The van der Waals surface area contributed by atoms with Gasteiger partial charge in [0.15, 0.2) is 5.11 Å². The molecule has 0 radical (unpaired) electrons. The van der Waals surface area contributed by atoms with Crippen molar-refractivity contribution in [2.24, 2.45) is 0 Å². The highest BCUT2D eigenvalue weighted by Crippen LogP contribution is 2.24. The van der Waals surface area contributed by atoms with Crippen LogP contribution in [0, 0.1) is 13.8 Å². The molecule has 5 nitrogen and oxygen atoms in total. The summed E-state index contributed by atoms with van der Waals surface area (Å²) in [7, 11) is 0. The van der Waals surface area contributed by atoms with Gasteiger partial charge in [0.1, 0.15) is 5.82 Å². The van der Waals surface area contributed by atoms with E-state index >= 15 is 0 Å². The molecule has 0 fully saturated rings. The quantitative estimate of drug-likeness (QED) is 0.639. The van der Waals surface area contributed by atoms with Gasteiger partial charge in [-0.1, -0.05) is 54.1 Å². The normalized spacial score (nSPS) is 13.0. The van der Waals surface area contributed by atoms with Gasteiger partial charge in [0.2, 0.25) is 5.95 Å². The third kappa shape index (κ3) is 4.90. The predicted molar refractivity (Wildman–Crippen MR) is 122 cm³/mol. The van der Waals surface area contributed by atoms with Gasteiger partial charge in [-0.2, -0.15) is 4.98 Å². The van der Waals surface area contributed by atoms with E-state index in [1.807, 2.05) is 13.0 Å². The molecule has 1 aliphatic rings. The number of thiocarbonyl (C=S) groups is 1. The lowest BCUT2D eigenvalue weighted by atomic mass is 10.00. The Kier molecular flexibility index (Phi) is 5.71. The minimum Gasteiger partial charge on any atom is -0.358 e. The van der Waals surface area contributed by atoms with Crippen molar-refractivity contribution in [1.29, 1.82) is 0 Å². The van der Waals surface area contributed by atoms with Gasteiger partial charge in [-0.05, 0) is 49.2 Å². The maximum absolute atomic E-state index is 5.44. The summed E-state index contributed by atoms with van der Waals surface area (Å²) >= 11 is 5.44. The SMILES string of the molecule is Cc1ccc(CNC(=S)Nc2nc(C)cc(N3CCc4ccccc4C3)n2)cc1. The van der Waals surface area contributed by atoms with Crippen LogP contribution in [0.2, 0.25) is 0 Å². The fourth-order valence-corrected chi connectivity index (χ4v) is 3.66. The molecule has 2 heterocycles. The van der Waals surface area contributed by atoms with Crippen LogP contribution in [0.25, 0.3) is 0 Å². The zero-order valence-electron chi connectivity index (χ0n) is 16.8. The molecule has 0 atom stereocenters. The van der Waals surface area contributed by atoms with Crippen molar-refractivity contribution in [2.75, 3.05) is 16.8 Å². The fraction of sp³-hybridized carbons (Fsp3) is 0.261.